The van der Waals surface area contributed by atoms with Gasteiger partial charge in [-0.05, 0) is 56.0 Å². The van der Waals surface area contributed by atoms with Crippen LogP contribution in [0.25, 0.3) is 22.0 Å². The van der Waals surface area contributed by atoms with E-state index in [1.807, 2.05) is 25.2 Å². The molecule has 0 saturated carbocycles. The van der Waals surface area contributed by atoms with Gasteiger partial charge in [0.15, 0.2) is 0 Å². The first kappa shape index (κ1) is 20.3. The smallest absolute Gasteiger partial charge is 0.120 e. The lowest BCUT2D eigenvalue weighted by Crippen LogP contribution is -2.44. The van der Waals surface area contributed by atoms with Crippen LogP contribution in [0.2, 0.25) is 0 Å². The van der Waals surface area contributed by atoms with E-state index in [4.69, 9.17) is 17.0 Å². The molecule has 0 fully saturated rings. The molecule has 0 saturated heterocycles. The molecule has 0 radical (unpaired) electrons. The van der Waals surface area contributed by atoms with E-state index in [2.05, 4.69) is 82.2 Å². The van der Waals surface area contributed by atoms with E-state index < -0.39 is 0 Å². The first-order chi connectivity index (χ1) is 13.0. The highest BCUT2D eigenvalue weighted by atomic mass is 32.1. The lowest BCUT2D eigenvalue weighted by molar-refractivity contribution is 0.0118. The Morgan fingerprint density at radius 1 is 1.00 bits per heavy atom. The molecule has 0 aliphatic rings. The molecule has 0 bridgehead atoms. The third-order valence-electron chi connectivity index (χ3n) is 6.24. The number of hydrogen-bond acceptors (Lipinski definition) is 2. The van der Waals surface area contributed by atoms with Gasteiger partial charge in [0.05, 0.1) is 0 Å². The second kappa shape index (κ2) is 7.21. The Balaban J connectivity index is 1.96. The molecule has 0 aliphatic carbocycles. The van der Waals surface area contributed by atoms with Crippen molar-refractivity contribution in [1.82, 2.24) is 4.57 Å². The van der Waals surface area contributed by atoms with Crippen LogP contribution >= 0.6 is 12.2 Å². The molecule has 0 aliphatic heterocycles. The molecule has 0 spiro atoms. The highest BCUT2D eigenvalue weighted by Crippen LogP contribution is 2.40. The summed E-state index contributed by atoms with van der Waals surface area (Å²) in [6.07, 6.45) is 0. The molecule has 2 nitrogen and oxygen atoms in total. The van der Waals surface area contributed by atoms with Crippen LogP contribution in [0.4, 0.5) is 0 Å². The zero-order chi connectivity index (χ0) is 20.7. The number of aromatic nitrogens is 1. The minimum atomic E-state index is -0.376. The maximum atomic E-state index is 6.35. The summed E-state index contributed by atoms with van der Waals surface area (Å²) in [6, 6.07) is 18.7. The van der Waals surface area contributed by atoms with E-state index in [1.165, 1.54) is 5.39 Å². The van der Waals surface area contributed by atoms with Crippen LogP contribution in [0.5, 0.6) is 5.75 Å². The predicted molar refractivity (Wildman–Crippen MR) is 122 cm³/mol. The van der Waals surface area contributed by atoms with Crippen molar-refractivity contribution in [1.29, 1.82) is 0 Å². The van der Waals surface area contributed by atoms with E-state index in [1.54, 1.807) is 0 Å². The topological polar surface area (TPSA) is 14.2 Å². The van der Waals surface area contributed by atoms with Crippen LogP contribution in [0, 0.1) is 10.1 Å². The Labute approximate surface area is 173 Å². The molecule has 146 valence electrons. The summed E-state index contributed by atoms with van der Waals surface area (Å²) in [5.41, 5.74) is 3.87. The zero-order valence-corrected chi connectivity index (χ0v) is 18.5. The fourth-order valence-corrected chi connectivity index (χ4v) is 3.54. The van der Waals surface area contributed by atoms with Gasteiger partial charge in [0.25, 0.3) is 0 Å². The molecule has 1 aromatic heterocycles. The summed E-state index contributed by atoms with van der Waals surface area (Å²) in [6.45, 7) is 14.8. The number of ether oxygens (including phenoxy) is 1. The van der Waals surface area contributed by atoms with Crippen LogP contribution in [0.1, 0.15) is 34.6 Å². The zero-order valence-electron chi connectivity index (χ0n) is 17.7. The summed E-state index contributed by atoms with van der Waals surface area (Å²) in [5, 5.41) is 1.18. The average molecular weight is 392 g/mol. The number of fused-ring (bicyclic) bond motifs is 1. The maximum absolute atomic E-state index is 6.35. The van der Waals surface area contributed by atoms with Crippen molar-refractivity contribution in [3.8, 4) is 16.9 Å². The Kier molecular flexibility index (Phi) is 5.24. The summed E-state index contributed by atoms with van der Waals surface area (Å²) in [4.78, 5) is 0. The molecule has 3 heteroatoms. The van der Waals surface area contributed by atoms with Gasteiger partial charge < -0.3 is 9.30 Å². The predicted octanol–water partition coefficient (Wildman–Crippen LogP) is 7.33. The van der Waals surface area contributed by atoms with Crippen LogP contribution < -0.4 is 4.74 Å². The highest BCUT2D eigenvalue weighted by molar-refractivity contribution is 7.71. The maximum Gasteiger partial charge on any atom is 0.120 e. The first-order valence-electron chi connectivity index (χ1n) is 9.59. The van der Waals surface area contributed by atoms with Gasteiger partial charge in [-0.3, -0.25) is 0 Å². The van der Waals surface area contributed by atoms with Gasteiger partial charge >= 0.3 is 0 Å². The minimum Gasteiger partial charge on any atom is -0.487 e. The third kappa shape index (κ3) is 3.51. The van der Waals surface area contributed by atoms with Gasteiger partial charge in [0.2, 0.25) is 0 Å². The van der Waals surface area contributed by atoms with Gasteiger partial charge in [-0.25, -0.2) is 0 Å². The summed E-state index contributed by atoms with van der Waals surface area (Å²) < 4.78 is 9.25. The number of benzene rings is 2. The van der Waals surface area contributed by atoms with E-state index in [-0.39, 0.29) is 11.0 Å². The number of aryl methyl sites for hydroxylation is 1. The number of pyridine rings is 1. The monoisotopic (exact) mass is 391 g/mol. The van der Waals surface area contributed by atoms with Crippen molar-refractivity contribution in [2.45, 2.75) is 40.2 Å². The molecule has 3 aromatic rings. The molecular formula is C25H29NOS. The molecule has 0 amide bonds. The van der Waals surface area contributed by atoms with Crippen LogP contribution in [-0.2, 0) is 7.05 Å². The Bertz CT molecular complexity index is 1090. The van der Waals surface area contributed by atoms with E-state index in [0.717, 1.165) is 32.6 Å². The first-order valence-corrected chi connectivity index (χ1v) is 9.99. The van der Waals surface area contributed by atoms with Crippen molar-refractivity contribution in [3.05, 3.63) is 71.4 Å². The quantitative estimate of drug-likeness (QED) is 0.334. The van der Waals surface area contributed by atoms with Crippen molar-refractivity contribution < 1.29 is 4.74 Å². The lowest BCUT2D eigenvalue weighted by Gasteiger charge is -2.42. The molecule has 28 heavy (non-hydrogen) atoms. The number of rotatable bonds is 5. The number of para-hydroxylation sites is 1. The van der Waals surface area contributed by atoms with Gasteiger partial charge in [-0.15, -0.1) is 0 Å². The lowest BCUT2D eigenvalue weighted by atomic mass is 9.72. The SMILES string of the molecule is C=C(C)C(C)(C)C(C)(C)Oc1ccc(-c2cc3ccccc3n(C)c2=S)cc1. The van der Waals surface area contributed by atoms with Gasteiger partial charge in [0, 0.05) is 23.5 Å². The second-order valence-corrected chi connectivity index (χ2v) is 8.91. The number of nitrogens with zero attached hydrogens (tertiary/aromatic N) is 1. The standard InChI is InChI=1S/C25H29NOS/c1-17(2)24(3,4)25(5,6)27-20-14-12-18(13-15-20)21-16-19-10-8-9-11-22(19)26(7)23(21)28/h8-16H,1H2,2-7H3. The third-order valence-corrected chi connectivity index (χ3v) is 6.74. The largest absolute Gasteiger partial charge is 0.487 e. The fourth-order valence-electron chi connectivity index (χ4n) is 3.27. The Hall–Kier alpha value is -2.39. The molecule has 0 unspecified atom stereocenters. The second-order valence-electron chi connectivity index (χ2n) is 8.52. The van der Waals surface area contributed by atoms with E-state index in [0.29, 0.717) is 0 Å². The summed E-state index contributed by atoms with van der Waals surface area (Å²) in [5.74, 6) is 0.846. The highest BCUT2D eigenvalue weighted by Gasteiger charge is 2.39. The van der Waals surface area contributed by atoms with Crippen molar-refractivity contribution >= 4 is 23.1 Å². The minimum absolute atomic E-state index is 0.147. The number of hydrogen-bond donors (Lipinski definition) is 0. The molecule has 0 N–H and O–H groups in total. The van der Waals surface area contributed by atoms with Gasteiger partial charge in [0.1, 0.15) is 16.0 Å². The Morgan fingerprint density at radius 2 is 1.61 bits per heavy atom. The van der Waals surface area contributed by atoms with E-state index in [9.17, 15) is 0 Å². The fraction of sp³-hybridized carbons (Fsp3) is 0.320. The molecule has 1 heterocycles. The average Bonchev–Trinajstić information content (AvgIpc) is 2.65. The summed E-state index contributed by atoms with van der Waals surface area (Å²) in [7, 11) is 2.02. The van der Waals surface area contributed by atoms with E-state index >= 15 is 0 Å². The van der Waals surface area contributed by atoms with Crippen molar-refractivity contribution in [2.24, 2.45) is 12.5 Å². The Morgan fingerprint density at radius 3 is 2.21 bits per heavy atom. The van der Waals surface area contributed by atoms with Gasteiger partial charge in [-0.2, -0.15) is 0 Å². The normalized spacial score (nSPS) is 12.2. The molecule has 2 aromatic carbocycles. The van der Waals surface area contributed by atoms with Crippen LogP contribution in [-0.4, -0.2) is 10.2 Å². The van der Waals surface area contributed by atoms with Crippen LogP contribution in [0.3, 0.4) is 0 Å². The van der Waals surface area contributed by atoms with Crippen molar-refractivity contribution in [3.63, 3.8) is 0 Å². The van der Waals surface area contributed by atoms with Crippen LogP contribution in [0.15, 0.2) is 66.7 Å². The molecule has 3 rings (SSSR count). The van der Waals surface area contributed by atoms with Crippen molar-refractivity contribution in [2.75, 3.05) is 0 Å². The summed E-state index contributed by atoms with van der Waals surface area (Å²) >= 11 is 5.72. The van der Waals surface area contributed by atoms with Gasteiger partial charge in [-0.1, -0.05) is 68.5 Å². The molecular weight excluding hydrogens is 362 g/mol. The molecule has 0 atom stereocenters.